The van der Waals surface area contributed by atoms with Crippen molar-refractivity contribution in [3.05, 3.63) is 24.4 Å². The van der Waals surface area contributed by atoms with E-state index in [4.69, 9.17) is 0 Å². The van der Waals surface area contributed by atoms with Crippen LogP contribution < -0.4 is 5.32 Å². The van der Waals surface area contributed by atoms with E-state index in [0.29, 0.717) is 0 Å². The molecule has 0 aliphatic carbocycles. The molecule has 0 atom stereocenters. The number of hydrogen-bond donors (Lipinski definition) is 1. The fourth-order valence-electron chi connectivity index (χ4n) is 1.15. The Kier molecular flexibility index (Phi) is 4.96. The van der Waals surface area contributed by atoms with Crippen LogP contribution in [-0.2, 0) is 0 Å². The van der Waals surface area contributed by atoms with Crippen molar-refractivity contribution < 1.29 is 0 Å². The third kappa shape index (κ3) is 5.11. The first-order valence-electron chi connectivity index (χ1n) is 5.53. The number of rotatable bonds is 0. The van der Waals surface area contributed by atoms with Gasteiger partial charge in [0, 0.05) is 12.0 Å². The van der Waals surface area contributed by atoms with Gasteiger partial charge in [-0.2, -0.15) is 0 Å². The van der Waals surface area contributed by atoms with Gasteiger partial charge in [-0.25, -0.2) is 0 Å². The molecular formula is C13H25N. The molecule has 1 heteroatoms. The second kappa shape index (κ2) is 5.23. The van der Waals surface area contributed by atoms with Gasteiger partial charge in [-0.1, -0.05) is 59.8 Å². The molecule has 0 saturated heterocycles. The predicted molar refractivity (Wildman–Crippen MR) is 65.2 cm³/mol. The van der Waals surface area contributed by atoms with E-state index in [0.717, 1.165) is 6.54 Å². The van der Waals surface area contributed by atoms with Gasteiger partial charge in [-0.15, -0.1) is 0 Å². The fourth-order valence-corrected chi connectivity index (χ4v) is 1.15. The van der Waals surface area contributed by atoms with E-state index in [1.165, 1.54) is 0 Å². The van der Waals surface area contributed by atoms with Crippen LogP contribution >= 0.6 is 0 Å². The van der Waals surface area contributed by atoms with Crippen LogP contribution in [0.2, 0.25) is 0 Å². The zero-order chi connectivity index (χ0) is 11.2. The highest BCUT2D eigenvalue weighted by Gasteiger charge is 2.17. The number of allylic oxidation sites excluding steroid dienone is 2. The van der Waals surface area contributed by atoms with E-state index in [9.17, 15) is 0 Å². The molecule has 1 aliphatic heterocycles. The molecule has 0 aromatic heterocycles. The Bertz CT molecular complexity index is 209. The lowest BCUT2D eigenvalue weighted by molar-refractivity contribution is 0.446. The first-order chi connectivity index (χ1) is 6.41. The van der Waals surface area contributed by atoms with E-state index in [1.807, 2.05) is 13.8 Å². The van der Waals surface area contributed by atoms with Crippen LogP contribution in [-0.4, -0.2) is 6.54 Å². The van der Waals surface area contributed by atoms with E-state index >= 15 is 0 Å². The van der Waals surface area contributed by atoms with Crippen LogP contribution in [0, 0.1) is 10.8 Å². The lowest BCUT2D eigenvalue weighted by Gasteiger charge is -2.26. The van der Waals surface area contributed by atoms with Crippen LogP contribution in [0.5, 0.6) is 0 Å². The number of hydrogen-bond acceptors (Lipinski definition) is 1. The minimum absolute atomic E-state index is 0.185. The summed E-state index contributed by atoms with van der Waals surface area (Å²) in [6.45, 7) is 13.9. The third-order valence-electron chi connectivity index (χ3n) is 2.15. The highest BCUT2D eigenvalue weighted by molar-refractivity contribution is 5.12. The van der Waals surface area contributed by atoms with Crippen LogP contribution in [0.15, 0.2) is 24.4 Å². The van der Waals surface area contributed by atoms with Gasteiger partial charge in [-0.05, 0) is 11.6 Å². The fraction of sp³-hybridized carbons (Fsp3) is 0.692. The van der Waals surface area contributed by atoms with E-state index in [2.05, 4.69) is 57.4 Å². The van der Waals surface area contributed by atoms with Gasteiger partial charge >= 0.3 is 0 Å². The lowest BCUT2D eigenvalue weighted by Crippen LogP contribution is -2.26. The lowest BCUT2D eigenvalue weighted by atomic mass is 9.85. The molecule has 1 nitrogen and oxygen atoms in total. The average molecular weight is 195 g/mol. The van der Waals surface area contributed by atoms with E-state index < -0.39 is 0 Å². The molecule has 1 rings (SSSR count). The Morgan fingerprint density at radius 2 is 1.50 bits per heavy atom. The summed E-state index contributed by atoms with van der Waals surface area (Å²) in [5, 5.41) is 3.30. The molecule has 1 heterocycles. The quantitative estimate of drug-likeness (QED) is 0.581. The van der Waals surface area contributed by atoms with Gasteiger partial charge in [0.1, 0.15) is 0 Å². The first kappa shape index (κ1) is 13.3. The maximum atomic E-state index is 3.30. The highest BCUT2D eigenvalue weighted by Crippen LogP contribution is 2.25. The van der Waals surface area contributed by atoms with Crippen LogP contribution in [0.3, 0.4) is 0 Å². The Hall–Kier alpha value is -0.720. The number of nitrogens with one attached hydrogen (secondary N) is 1. The molecule has 1 aliphatic rings. The molecule has 82 valence electrons. The van der Waals surface area contributed by atoms with Crippen LogP contribution in [0.25, 0.3) is 0 Å². The molecule has 0 bridgehead atoms. The van der Waals surface area contributed by atoms with E-state index in [-0.39, 0.29) is 10.8 Å². The maximum absolute atomic E-state index is 3.30. The largest absolute Gasteiger partial charge is 0.390 e. The minimum Gasteiger partial charge on any atom is -0.390 e. The summed E-state index contributed by atoms with van der Waals surface area (Å²) in [6.07, 6.45) is 8.83. The highest BCUT2D eigenvalue weighted by atomic mass is 14.8. The van der Waals surface area contributed by atoms with Crippen molar-refractivity contribution >= 4 is 0 Å². The van der Waals surface area contributed by atoms with Crippen molar-refractivity contribution in [1.82, 2.24) is 5.32 Å². The van der Waals surface area contributed by atoms with Crippen LogP contribution in [0.4, 0.5) is 0 Å². The molecule has 0 saturated carbocycles. The maximum Gasteiger partial charge on any atom is 0.0227 e. The van der Waals surface area contributed by atoms with Crippen molar-refractivity contribution in [1.29, 1.82) is 0 Å². The second-order valence-corrected chi connectivity index (χ2v) is 4.86. The van der Waals surface area contributed by atoms with Gasteiger partial charge in [0.05, 0.1) is 0 Å². The molecule has 0 aromatic carbocycles. The normalized spacial score (nSPS) is 27.0. The van der Waals surface area contributed by atoms with Gasteiger partial charge in [-0.3, -0.25) is 0 Å². The SMILES string of the molecule is CC.CC1(C)/C=C\NCC(C)(C)/C=C\1. The average Bonchev–Trinajstić information content (AvgIpc) is 2.12. The molecule has 0 fully saturated rings. The Morgan fingerprint density at radius 3 is 2.07 bits per heavy atom. The van der Waals surface area contributed by atoms with Gasteiger partial charge in [0.15, 0.2) is 0 Å². The summed E-state index contributed by atoms with van der Waals surface area (Å²) in [5.74, 6) is 0. The van der Waals surface area contributed by atoms with Crippen LogP contribution in [0.1, 0.15) is 41.5 Å². The summed E-state index contributed by atoms with van der Waals surface area (Å²) in [7, 11) is 0. The molecule has 1 N–H and O–H groups in total. The summed E-state index contributed by atoms with van der Waals surface area (Å²) >= 11 is 0. The molecular weight excluding hydrogens is 170 g/mol. The van der Waals surface area contributed by atoms with Crippen molar-refractivity contribution in [3.8, 4) is 0 Å². The summed E-state index contributed by atoms with van der Waals surface area (Å²) in [4.78, 5) is 0. The standard InChI is InChI=1S/C11H19N.C2H6/c1-10(2)5-6-11(3,4)9-12-8-7-10;1-2/h5-8,12H,9H2,1-4H3;1-2H3/b6-5-,8-7-;. The first-order valence-corrected chi connectivity index (χ1v) is 5.53. The third-order valence-corrected chi connectivity index (χ3v) is 2.15. The minimum atomic E-state index is 0.185. The molecule has 14 heavy (non-hydrogen) atoms. The smallest absolute Gasteiger partial charge is 0.0227 e. The summed E-state index contributed by atoms with van der Waals surface area (Å²) in [6, 6.07) is 0. The van der Waals surface area contributed by atoms with Crippen molar-refractivity contribution in [2.45, 2.75) is 41.5 Å². The van der Waals surface area contributed by atoms with Gasteiger partial charge in [0.2, 0.25) is 0 Å². The Labute approximate surface area is 89.3 Å². The van der Waals surface area contributed by atoms with Gasteiger partial charge in [0.25, 0.3) is 0 Å². The molecule has 0 unspecified atom stereocenters. The van der Waals surface area contributed by atoms with Crippen molar-refractivity contribution in [3.63, 3.8) is 0 Å². The monoisotopic (exact) mass is 195 g/mol. The molecule has 0 radical (unpaired) electrons. The topological polar surface area (TPSA) is 12.0 Å². The Balaban J connectivity index is 0.000000791. The van der Waals surface area contributed by atoms with Crippen molar-refractivity contribution in [2.24, 2.45) is 10.8 Å². The molecule has 0 amide bonds. The Morgan fingerprint density at radius 1 is 0.929 bits per heavy atom. The summed E-state index contributed by atoms with van der Waals surface area (Å²) < 4.78 is 0. The van der Waals surface area contributed by atoms with Crippen molar-refractivity contribution in [2.75, 3.05) is 6.54 Å². The second-order valence-electron chi connectivity index (χ2n) is 4.86. The van der Waals surface area contributed by atoms with E-state index in [1.54, 1.807) is 0 Å². The zero-order valence-electron chi connectivity index (χ0n) is 10.5. The molecule has 0 aromatic rings. The summed E-state index contributed by atoms with van der Waals surface area (Å²) in [5.41, 5.74) is 0.451. The predicted octanol–water partition coefficient (Wildman–Crippen LogP) is 3.74. The van der Waals surface area contributed by atoms with Gasteiger partial charge < -0.3 is 5.32 Å². The zero-order valence-corrected chi connectivity index (χ0v) is 10.5. The molecule has 0 spiro atoms.